The van der Waals surface area contributed by atoms with E-state index in [2.05, 4.69) is 72.2 Å². The molecule has 3 aromatic carbocycles. The zero-order valence-corrected chi connectivity index (χ0v) is 47.5. The minimum absolute atomic E-state index is 0.00512. The van der Waals surface area contributed by atoms with Crippen LogP contribution in [0.1, 0.15) is 305 Å². The van der Waals surface area contributed by atoms with Crippen LogP contribution >= 0.6 is 0 Å². The Bertz CT molecular complexity index is 2040. The van der Waals surface area contributed by atoms with Gasteiger partial charge in [0, 0.05) is 69.7 Å². The van der Waals surface area contributed by atoms with Crippen LogP contribution in [0.5, 0.6) is 0 Å². The lowest BCUT2D eigenvalue weighted by atomic mass is 10.0. The monoisotopic (exact) mass is 1020 g/mol. The van der Waals surface area contributed by atoms with Gasteiger partial charge in [-0.1, -0.05) is 268 Å². The Balaban J connectivity index is 1.40. The first kappa shape index (κ1) is 62.3. The third kappa shape index (κ3) is 29.0. The fraction of sp³-hybridized carbons (Fsp3) is 0.609. The summed E-state index contributed by atoms with van der Waals surface area (Å²) in [6, 6.07) is 17.2. The number of fused-ring (bicyclic) bond motifs is 3. The van der Waals surface area contributed by atoms with Gasteiger partial charge in [-0.25, -0.2) is 0 Å². The van der Waals surface area contributed by atoms with Gasteiger partial charge in [-0.05, 0) is 73.9 Å². The molecule has 4 rings (SSSR count). The molecule has 0 bridgehead atoms. The number of carbonyl (C=O) groups is 3. The van der Waals surface area contributed by atoms with Gasteiger partial charge in [0.1, 0.15) is 0 Å². The topological polar surface area (TPSA) is 87.3 Å². The molecule has 0 spiro atoms. The van der Waals surface area contributed by atoms with E-state index in [1.54, 1.807) is 0 Å². The van der Waals surface area contributed by atoms with E-state index in [0.29, 0.717) is 53.0 Å². The molecule has 408 valence electrons. The number of carbonyl (C=O) groups excluding carboxylic acids is 3. The first-order chi connectivity index (χ1) is 36.9. The molecule has 6 nitrogen and oxygen atoms in total. The summed E-state index contributed by atoms with van der Waals surface area (Å²) in [5.74, 6) is 20.2. The summed E-state index contributed by atoms with van der Waals surface area (Å²) in [6.45, 7) is 6.80. The summed E-state index contributed by atoms with van der Waals surface area (Å²) in [4.78, 5) is 39.5. The number of anilines is 3. The van der Waals surface area contributed by atoms with E-state index in [0.717, 1.165) is 55.2 Å². The van der Waals surface area contributed by atoms with Gasteiger partial charge in [0.05, 0.1) is 0 Å². The molecule has 0 atom stereocenters. The van der Waals surface area contributed by atoms with Crippen LogP contribution in [0.3, 0.4) is 0 Å². The predicted octanol–water partition coefficient (Wildman–Crippen LogP) is 19.3. The second-order valence-corrected chi connectivity index (χ2v) is 21.6. The van der Waals surface area contributed by atoms with Gasteiger partial charge in [-0.15, -0.1) is 0 Å². The number of nitrogens with one attached hydrogen (secondary N) is 3. The molecular weight excluding hydrogens is 919 g/mol. The van der Waals surface area contributed by atoms with Crippen molar-refractivity contribution in [1.82, 2.24) is 0 Å². The molecule has 0 unspecified atom stereocenters. The predicted molar refractivity (Wildman–Crippen MR) is 320 cm³/mol. The smallest absolute Gasteiger partial charge is 0.224 e. The molecule has 1 aliphatic carbocycles. The first-order valence-electron chi connectivity index (χ1n) is 30.8. The van der Waals surface area contributed by atoms with Crippen molar-refractivity contribution in [2.24, 2.45) is 0 Å². The lowest BCUT2D eigenvalue weighted by Gasteiger charge is -2.09. The van der Waals surface area contributed by atoms with Gasteiger partial charge in [0.25, 0.3) is 0 Å². The second kappa shape index (κ2) is 41.0. The van der Waals surface area contributed by atoms with Gasteiger partial charge in [-0.2, -0.15) is 0 Å². The molecule has 3 aromatic rings. The molecule has 3 amide bonds. The van der Waals surface area contributed by atoms with Crippen molar-refractivity contribution in [2.45, 2.75) is 271 Å². The SMILES string of the molecule is CCCCCCCCCCCCCCC(=O)Nc1ccc2c(c1)C#Cc1ccc(NC(=O)CCCCCCCCCCCCCC)cc1C#Cc1ccc(NC(=O)CCCCCCCCCCCCCC)cc1C#C2. The average Bonchev–Trinajstić information content (AvgIpc) is 3.40. The Hall–Kier alpha value is -5.25. The molecule has 75 heavy (non-hydrogen) atoms. The Labute approximate surface area is 457 Å². The standard InChI is InChI=1S/C69H99N3O3/c1-4-7-10-13-16-19-22-25-28-31-34-37-40-67(73)70-64-52-49-58-44-47-62-56-66(72-69(75)42-39-36-33-30-27-24-21-18-15-12-9-6-3)54-51-60(62)45-48-63-57-65(53-50-59(63)43-46-61(58)55-64)71-68(74)41-38-35-32-29-26-23-20-17-14-11-8-5-2/h49-57H,4-42H2,1-3H3,(H,70,73)(H,71,74)(H,72,75). The van der Waals surface area contributed by atoms with Gasteiger partial charge < -0.3 is 16.0 Å². The largest absolute Gasteiger partial charge is 0.326 e. The first-order valence-corrected chi connectivity index (χ1v) is 30.8. The highest BCUT2D eigenvalue weighted by Gasteiger charge is 2.11. The molecule has 6 heteroatoms. The minimum atomic E-state index is 0.00512. The number of amides is 3. The van der Waals surface area contributed by atoms with Crippen molar-refractivity contribution >= 4 is 34.8 Å². The minimum Gasteiger partial charge on any atom is -0.326 e. The van der Waals surface area contributed by atoms with E-state index in [4.69, 9.17) is 0 Å². The zero-order chi connectivity index (χ0) is 53.2. The highest BCUT2D eigenvalue weighted by molar-refractivity contribution is 5.92. The average molecular weight is 1020 g/mol. The fourth-order valence-corrected chi connectivity index (χ4v) is 9.96. The van der Waals surface area contributed by atoms with E-state index in [-0.39, 0.29) is 17.7 Å². The van der Waals surface area contributed by atoms with Crippen molar-refractivity contribution in [1.29, 1.82) is 0 Å². The van der Waals surface area contributed by atoms with Crippen LogP contribution in [0.25, 0.3) is 0 Å². The highest BCUT2D eigenvalue weighted by atomic mass is 16.2. The molecule has 0 saturated carbocycles. The summed E-state index contributed by atoms with van der Waals surface area (Å²) in [7, 11) is 0. The van der Waals surface area contributed by atoms with Crippen LogP contribution in [0.15, 0.2) is 54.6 Å². The molecular formula is C69H99N3O3. The number of unbranched alkanes of at least 4 members (excludes halogenated alkanes) is 33. The normalized spacial score (nSPS) is 11.2. The molecule has 0 aromatic heterocycles. The van der Waals surface area contributed by atoms with Crippen LogP contribution in [-0.2, 0) is 14.4 Å². The Morgan fingerprint density at radius 3 is 0.667 bits per heavy atom. The quantitative estimate of drug-likeness (QED) is 0.0305. The van der Waals surface area contributed by atoms with Crippen LogP contribution < -0.4 is 16.0 Å². The van der Waals surface area contributed by atoms with Crippen LogP contribution in [-0.4, -0.2) is 17.7 Å². The van der Waals surface area contributed by atoms with E-state index in [9.17, 15) is 14.4 Å². The van der Waals surface area contributed by atoms with Crippen molar-refractivity contribution in [2.75, 3.05) is 16.0 Å². The van der Waals surface area contributed by atoms with E-state index in [1.165, 1.54) is 193 Å². The Morgan fingerprint density at radius 2 is 0.453 bits per heavy atom. The van der Waals surface area contributed by atoms with Crippen molar-refractivity contribution in [3.63, 3.8) is 0 Å². The van der Waals surface area contributed by atoms with E-state index in [1.807, 2.05) is 54.6 Å². The number of rotatable bonds is 42. The maximum absolute atomic E-state index is 13.2. The zero-order valence-electron chi connectivity index (χ0n) is 47.5. The maximum Gasteiger partial charge on any atom is 0.224 e. The van der Waals surface area contributed by atoms with Crippen molar-refractivity contribution in [3.8, 4) is 35.5 Å². The van der Waals surface area contributed by atoms with Crippen LogP contribution in [0.2, 0.25) is 0 Å². The van der Waals surface area contributed by atoms with Crippen molar-refractivity contribution in [3.05, 3.63) is 88.0 Å². The lowest BCUT2D eigenvalue weighted by Crippen LogP contribution is -2.11. The Morgan fingerprint density at radius 1 is 0.267 bits per heavy atom. The lowest BCUT2D eigenvalue weighted by molar-refractivity contribution is -0.117. The van der Waals surface area contributed by atoms with Gasteiger partial charge >= 0.3 is 0 Å². The fourth-order valence-electron chi connectivity index (χ4n) is 9.96. The summed E-state index contributed by atoms with van der Waals surface area (Å²) in [6.07, 6.45) is 46.7. The van der Waals surface area contributed by atoms with Crippen LogP contribution in [0.4, 0.5) is 17.1 Å². The molecule has 0 radical (unpaired) electrons. The van der Waals surface area contributed by atoms with Gasteiger partial charge in [0.2, 0.25) is 17.7 Å². The number of hydrogen-bond donors (Lipinski definition) is 3. The molecule has 0 saturated heterocycles. The van der Waals surface area contributed by atoms with E-state index < -0.39 is 0 Å². The van der Waals surface area contributed by atoms with Gasteiger partial charge in [0.15, 0.2) is 0 Å². The number of hydrogen-bond acceptors (Lipinski definition) is 3. The molecule has 0 aliphatic heterocycles. The maximum atomic E-state index is 13.2. The third-order valence-corrected chi connectivity index (χ3v) is 14.7. The number of benzene rings is 3. The van der Waals surface area contributed by atoms with Gasteiger partial charge in [-0.3, -0.25) is 14.4 Å². The summed E-state index contributed by atoms with van der Waals surface area (Å²) >= 11 is 0. The Kier molecular flexibility index (Phi) is 34.0. The summed E-state index contributed by atoms with van der Waals surface area (Å²) in [5, 5.41) is 9.37. The highest BCUT2D eigenvalue weighted by Crippen LogP contribution is 2.23. The summed E-state index contributed by atoms with van der Waals surface area (Å²) in [5.41, 5.74) is 6.32. The molecule has 3 N–H and O–H groups in total. The molecule has 1 aliphatic rings. The van der Waals surface area contributed by atoms with Crippen LogP contribution in [0, 0.1) is 35.5 Å². The third-order valence-electron chi connectivity index (χ3n) is 14.7. The second-order valence-electron chi connectivity index (χ2n) is 21.6. The molecule has 0 fully saturated rings. The molecule has 0 heterocycles. The summed E-state index contributed by atoms with van der Waals surface area (Å²) < 4.78 is 0. The van der Waals surface area contributed by atoms with E-state index >= 15 is 0 Å². The van der Waals surface area contributed by atoms with Crippen molar-refractivity contribution < 1.29 is 14.4 Å².